The van der Waals surface area contributed by atoms with Gasteiger partial charge in [-0.25, -0.2) is 8.42 Å². The fourth-order valence-electron chi connectivity index (χ4n) is 2.61. The van der Waals surface area contributed by atoms with Gasteiger partial charge in [0.25, 0.3) is 0 Å². The second kappa shape index (κ2) is 12.0. The molecule has 13 heteroatoms. The first kappa shape index (κ1) is 28.9. The van der Waals surface area contributed by atoms with Gasteiger partial charge in [0, 0.05) is 54.0 Å². The molecular formula is C16H32F3IN4O3S2. The zero-order chi connectivity index (χ0) is 21.6. The molecule has 0 spiro atoms. The van der Waals surface area contributed by atoms with E-state index in [2.05, 4.69) is 15.6 Å². The SMILES string of the molecule is CCNC(=NCC1CCN(S(=O)(=O)C(F)(F)F)CC1)NCCS(=O)C(C)(C)C.I. The molecule has 0 bridgehead atoms. The highest BCUT2D eigenvalue weighted by atomic mass is 127. The Labute approximate surface area is 191 Å². The quantitative estimate of drug-likeness (QED) is 0.276. The zero-order valence-corrected chi connectivity index (χ0v) is 21.2. The third kappa shape index (κ3) is 9.25. The molecule has 0 radical (unpaired) electrons. The predicted molar refractivity (Wildman–Crippen MR) is 121 cm³/mol. The minimum atomic E-state index is -5.26. The van der Waals surface area contributed by atoms with Crippen LogP contribution in [0.2, 0.25) is 0 Å². The van der Waals surface area contributed by atoms with Gasteiger partial charge in [-0.3, -0.25) is 9.20 Å². The van der Waals surface area contributed by atoms with Crippen molar-refractivity contribution in [2.24, 2.45) is 10.9 Å². The molecule has 1 aliphatic rings. The number of aliphatic imine (C=N–C) groups is 1. The van der Waals surface area contributed by atoms with Crippen LogP contribution in [0.4, 0.5) is 13.2 Å². The van der Waals surface area contributed by atoms with Gasteiger partial charge in [-0.2, -0.15) is 17.5 Å². The Morgan fingerprint density at radius 1 is 1.17 bits per heavy atom. The standard InChI is InChI=1S/C16H31F3N4O3S2.HI/c1-5-20-14(21-8-11-27(24)15(2,3)4)22-12-13-6-9-23(10-7-13)28(25,26)16(17,18)19;/h13H,5-12H2,1-4H3,(H2,20,21,22);1H. The molecule has 0 aromatic heterocycles. The Morgan fingerprint density at radius 3 is 2.17 bits per heavy atom. The number of sulfonamides is 1. The van der Waals surface area contributed by atoms with E-state index in [1.165, 1.54) is 0 Å². The first-order valence-corrected chi connectivity index (χ1v) is 12.0. The van der Waals surface area contributed by atoms with Crippen LogP contribution in [0.5, 0.6) is 0 Å². The Balaban J connectivity index is 0.00000784. The van der Waals surface area contributed by atoms with Crippen LogP contribution in [0.15, 0.2) is 4.99 Å². The van der Waals surface area contributed by atoms with Crippen molar-refractivity contribution in [2.75, 3.05) is 38.5 Å². The van der Waals surface area contributed by atoms with Gasteiger partial charge in [0.1, 0.15) is 0 Å². The monoisotopic (exact) mass is 576 g/mol. The Hall–Kier alpha value is -0.150. The van der Waals surface area contributed by atoms with E-state index in [1.54, 1.807) is 0 Å². The maximum Gasteiger partial charge on any atom is 0.511 e. The van der Waals surface area contributed by atoms with Crippen molar-refractivity contribution in [3.8, 4) is 0 Å². The maximum atomic E-state index is 12.6. The number of nitrogens with one attached hydrogen (secondary N) is 2. The number of rotatable bonds is 7. The van der Waals surface area contributed by atoms with Crippen LogP contribution in [-0.4, -0.2) is 71.6 Å². The van der Waals surface area contributed by atoms with Gasteiger partial charge < -0.3 is 10.6 Å². The predicted octanol–water partition coefficient (Wildman–Crippen LogP) is 2.27. The Bertz CT molecular complexity index is 659. The minimum Gasteiger partial charge on any atom is -0.357 e. The fourth-order valence-corrected chi connectivity index (χ4v) is 4.49. The molecule has 0 aromatic rings. The Kier molecular flexibility index (Phi) is 12.0. The summed E-state index contributed by atoms with van der Waals surface area (Å²) in [7, 11) is -6.24. The molecule has 1 rings (SSSR count). The third-order valence-corrected chi connectivity index (χ3v) is 7.89. The molecule has 1 saturated heterocycles. The lowest BCUT2D eigenvalue weighted by molar-refractivity contribution is -0.0496. The molecule has 1 fully saturated rings. The zero-order valence-electron chi connectivity index (χ0n) is 17.2. The number of hydrogen-bond donors (Lipinski definition) is 2. The summed E-state index contributed by atoms with van der Waals surface area (Å²) in [4.78, 5) is 4.44. The summed E-state index contributed by atoms with van der Waals surface area (Å²) in [5, 5.41) is 6.18. The van der Waals surface area contributed by atoms with Crippen molar-refractivity contribution in [1.29, 1.82) is 0 Å². The van der Waals surface area contributed by atoms with Gasteiger partial charge >= 0.3 is 15.5 Å². The van der Waals surface area contributed by atoms with Gasteiger partial charge in [-0.05, 0) is 46.5 Å². The second-order valence-electron chi connectivity index (χ2n) is 7.60. The normalized spacial score (nSPS) is 18.8. The highest BCUT2D eigenvalue weighted by molar-refractivity contribution is 14.0. The first-order chi connectivity index (χ1) is 12.8. The van der Waals surface area contributed by atoms with Gasteiger partial charge in [0.05, 0.1) is 0 Å². The van der Waals surface area contributed by atoms with Crippen LogP contribution in [0.25, 0.3) is 0 Å². The minimum absolute atomic E-state index is 0. The summed E-state index contributed by atoms with van der Waals surface area (Å²) >= 11 is 0. The number of hydrogen-bond acceptors (Lipinski definition) is 4. The lowest BCUT2D eigenvalue weighted by Gasteiger charge is -2.30. The van der Waals surface area contributed by atoms with Crippen molar-refractivity contribution < 1.29 is 25.8 Å². The number of nitrogens with zero attached hydrogens (tertiary/aromatic N) is 2. The summed E-state index contributed by atoms with van der Waals surface area (Å²) in [5.41, 5.74) is -5.26. The highest BCUT2D eigenvalue weighted by Crippen LogP contribution is 2.30. The van der Waals surface area contributed by atoms with Crippen LogP contribution in [0.1, 0.15) is 40.5 Å². The molecule has 1 aliphatic heterocycles. The smallest absolute Gasteiger partial charge is 0.357 e. The second-order valence-corrected chi connectivity index (χ2v) is 11.9. The highest BCUT2D eigenvalue weighted by Gasteiger charge is 2.50. The molecule has 1 heterocycles. The molecular weight excluding hydrogens is 544 g/mol. The first-order valence-electron chi connectivity index (χ1n) is 9.26. The third-order valence-electron chi connectivity index (χ3n) is 4.32. The average molecular weight is 576 g/mol. The molecule has 174 valence electrons. The maximum absolute atomic E-state index is 12.6. The molecule has 7 nitrogen and oxygen atoms in total. The van der Waals surface area contributed by atoms with Crippen LogP contribution in [0.3, 0.4) is 0 Å². The summed E-state index contributed by atoms with van der Waals surface area (Å²) in [6.07, 6.45) is 0.651. The molecule has 1 unspecified atom stereocenters. The molecule has 29 heavy (non-hydrogen) atoms. The topological polar surface area (TPSA) is 90.9 Å². The molecule has 0 amide bonds. The summed E-state index contributed by atoms with van der Waals surface area (Å²) < 4.78 is 73.0. The summed E-state index contributed by atoms with van der Waals surface area (Å²) in [6, 6.07) is 0. The van der Waals surface area contributed by atoms with Gasteiger partial charge in [-0.1, -0.05) is 0 Å². The van der Waals surface area contributed by atoms with E-state index < -0.39 is 26.3 Å². The van der Waals surface area contributed by atoms with Crippen molar-refractivity contribution >= 4 is 50.8 Å². The lowest BCUT2D eigenvalue weighted by atomic mass is 9.98. The van der Waals surface area contributed by atoms with Gasteiger partial charge in [0.15, 0.2) is 5.96 Å². The number of halogens is 4. The van der Waals surface area contributed by atoms with E-state index in [-0.39, 0.29) is 47.7 Å². The molecule has 0 aromatic carbocycles. The van der Waals surface area contributed by atoms with E-state index >= 15 is 0 Å². The van der Waals surface area contributed by atoms with E-state index in [1.807, 2.05) is 27.7 Å². The average Bonchev–Trinajstić information content (AvgIpc) is 2.58. The molecule has 0 aliphatic carbocycles. The van der Waals surface area contributed by atoms with Crippen molar-refractivity contribution in [3.05, 3.63) is 0 Å². The summed E-state index contributed by atoms with van der Waals surface area (Å²) in [6.45, 7) is 8.83. The van der Waals surface area contributed by atoms with Crippen molar-refractivity contribution in [1.82, 2.24) is 14.9 Å². The fraction of sp³-hybridized carbons (Fsp3) is 0.938. The van der Waals surface area contributed by atoms with Gasteiger partial charge in [0.2, 0.25) is 0 Å². The van der Waals surface area contributed by atoms with Crippen molar-refractivity contribution in [3.63, 3.8) is 0 Å². The van der Waals surface area contributed by atoms with E-state index in [9.17, 15) is 25.8 Å². The number of guanidine groups is 1. The largest absolute Gasteiger partial charge is 0.511 e. The molecule has 2 N–H and O–H groups in total. The summed E-state index contributed by atoms with van der Waals surface area (Å²) in [5.74, 6) is 1.04. The van der Waals surface area contributed by atoms with Crippen LogP contribution in [-0.2, 0) is 20.8 Å². The molecule has 0 saturated carbocycles. The van der Waals surface area contributed by atoms with Crippen molar-refractivity contribution in [2.45, 2.75) is 50.8 Å². The lowest BCUT2D eigenvalue weighted by Crippen LogP contribution is -2.45. The van der Waals surface area contributed by atoms with Gasteiger partial charge in [-0.15, -0.1) is 24.0 Å². The number of alkyl halides is 3. The van der Waals surface area contributed by atoms with E-state index in [4.69, 9.17) is 0 Å². The van der Waals surface area contributed by atoms with E-state index in [0.717, 1.165) is 0 Å². The molecule has 1 atom stereocenters. The number of piperidine rings is 1. The Morgan fingerprint density at radius 2 is 1.72 bits per heavy atom. The van der Waals surface area contributed by atoms with Crippen LogP contribution >= 0.6 is 24.0 Å². The van der Waals surface area contributed by atoms with E-state index in [0.29, 0.717) is 48.5 Å². The van der Waals surface area contributed by atoms with Crippen LogP contribution < -0.4 is 10.6 Å². The van der Waals surface area contributed by atoms with Crippen LogP contribution in [0, 0.1) is 5.92 Å².